The molecule has 2 rings (SSSR count). The third-order valence-electron chi connectivity index (χ3n) is 3.29. The Kier molecular flexibility index (Phi) is 2.59. The van der Waals surface area contributed by atoms with E-state index >= 15 is 0 Å². The van der Waals surface area contributed by atoms with Crippen molar-refractivity contribution in [2.24, 2.45) is 11.1 Å². The Morgan fingerprint density at radius 2 is 2.12 bits per heavy atom. The Bertz CT molecular complexity index is 536. The van der Waals surface area contributed by atoms with Crippen LogP contribution in [0.4, 0.5) is 0 Å². The number of methoxy groups -OCH3 is 1. The number of nitrogens with two attached hydrogens (primary N) is 1. The molecule has 2 N–H and O–H groups in total. The molecule has 0 saturated heterocycles. The number of nitrogens with zero attached hydrogens (tertiary/aromatic N) is 1. The van der Waals surface area contributed by atoms with E-state index in [0.29, 0.717) is 11.3 Å². The summed E-state index contributed by atoms with van der Waals surface area (Å²) >= 11 is 0. The van der Waals surface area contributed by atoms with Crippen molar-refractivity contribution in [1.29, 1.82) is 5.26 Å². The summed E-state index contributed by atoms with van der Waals surface area (Å²) in [7, 11) is 1.65. The molecule has 0 unspecified atom stereocenters. The number of rotatable bonds is 1. The molecule has 1 aromatic carbocycles. The molecule has 1 aliphatic rings. The number of allylic oxidation sites excluding steroid dienone is 1. The molecule has 0 amide bonds. The fraction of sp³-hybridized carbons (Fsp3) is 0.357. The van der Waals surface area contributed by atoms with E-state index in [1.54, 1.807) is 7.11 Å². The average molecular weight is 228 g/mol. The van der Waals surface area contributed by atoms with Gasteiger partial charge in [-0.2, -0.15) is 5.26 Å². The highest BCUT2D eigenvalue weighted by Crippen LogP contribution is 2.41. The van der Waals surface area contributed by atoms with E-state index in [-0.39, 0.29) is 5.41 Å². The van der Waals surface area contributed by atoms with Crippen molar-refractivity contribution in [1.82, 2.24) is 0 Å². The maximum absolute atomic E-state index is 9.21. The molecule has 88 valence electrons. The minimum atomic E-state index is -0.210. The SMILES string of the molecule is COc1ccc2c(c1)CC(C)(C)C(C#N)=C2N. The molecule has 0 fully saturated rings. The van der Waals surface area contributed by atoms with Crippen LogP contribution in [0.1, 0.15) is 25.0 Å². The molecule has 0 atom stereocenters. The number of benzene rings is 1. The second-order valence-electron chi connectivity index (χ2n) is 4.98. The second kappa shape index (κ2) is 3.81. The van der Waals surface area contributed by atoms with Gasteiger partial charge in [-0.05, 0) is 30.2 Å². The van der Waals surface area contributed by atoms with Crippen LogP contribution in [0.2, 0.25) is 0 Å². The van der Waals surface area contributed by atoms with Gasteiger partial charge in [0, 0.05) is 11.0 Å². The first-order chi connectivity index (χ1) is 7.99. The van der Waals surface area contributed by atoms with Crippen molar-refractivity contribution in [3.8, 4) is 11.8 Å². The fourth-order valence-electron chi connectivity index (χ4n) is 2.38. The van der Waals surface area contributed by atoms with Crippen molar-refractivity contribution in [2.45, 2.75) is 20.3 Å². The summed E-state index contributed by atoms with van der Waals surface area (Å²) in [5.41, 5.74) is 9.25. The molecule has 1 aliphatic carbocycles. The molecule has 0 radical (unpaired) electrons. The van der Waals surface area contributed by atoms with Gasteiger partial charge in [-0.15, -0.1) is 0 Å². The monoisotopic (exact) mass is 228 g/mol. The number of ether oxygens (including phenoxy) is 1. The molecule has 0 spiro atoms. The first kappa shape index (κ1) is 11.5. The third kappa shape index (κ3) is 1.76. The Morgan fingerprint density at radius 3 is 2.71 bits per heavy atom. The van der Waals surface area contributed by atoms with Crippen LogP contribution in [0.25, 0.3) is 5.70 Å². The van der Waals surface area contributed by atoms with Crippen LogP contribution in [-0.2, 0) is 6.42 Å². The third-order valence-corrected chi connectivity index (χ3v) is 3.29. The predicted molar refractivity (Wildman–Crippen MR) is 67.2 cm³/mol. The number of hydrogen-bond donors (Lipinski definition) is 1. The van der Waals surface area contributed by atoms with Gasteiger partial charge in [0.15, 0.2) is 0 Å². The number of nitriles is 1. The number of hydrogen-bond acceptors (Lipinski definition) is 3. The highest BCUT2D eigenvalue weighted by Gasteiger charge is 2.32. The zero-order valence-corrected chi connectivity index (χ0v) is 10.4. The Labute approximate surface area is 102 Å². The molecule has 17 heavy (non-hydrogen) atoms. The van der Waals surface area contributed by atoms with Crippen LogP contribution in [0.5, 0.6) is 5.75 Å². The van der Waals surface area contributed by atoms with Gasteiger partial charge >= 0.3 is 0 Å². The van der Waals surface area contributed by atoms with E-state index in [2.05, 4.69) is 6.07 Å². The van der Waals surface area contributed by atoms with Crippen molar-refractivity contribution >= 4 is 5.70 Å². The minimum absolute atomic E-state index is 0.210. The van der Waals surface area contributed by atoms with Gasteiger partial charge in [0.05, 0.1) is 24.4 Å². The Morgan fingerprint density at radius 1 is 1.41 bits per heavy atom. The lowest BCUT2D eigenvalue weighted by Gasteiger charge is -2.31. The molecule has 0 aliphatic heterocycles. The minimum Gasteiger partial charge on any atom is -0.497 e. The Hall–Kier alpha value is -1.95. The highest BCUT2D eigenvalue weighted by molar-refractivity contribution is 5.75. The Balaban J connectivity index is 2.64. The van der Waals surface area contributed by atoms with E-state index in [1.807, 2.05) is 32.0 Å². The molecule has 1 aromatic rings. The first-order valence-electron chi connectivity index (χ1n) is 5.57. The second-order valence-corrected chi connectivity index (χ2v) is 4.98. The largest absolute Gasteiger partial charge is 0.497 e. The molecular weight excluding hydrogens is 212 g/mol. The molecule has 3 nitrogen and oxygen atoms in total. The van der Waals surface area contributed by atoms with Gasteiger partial charge in [-0.25, -0.2) is 0 Å². The first-order valence-corrected chi connectivity index (χ1v) is 5.57. The van der Waals surface area contributed by atoms with Gasteiger partial charge in [0.25, 0.3) is 0 Å². The summed E-state index contributed by atoms with van der Waals surface area (Å²) in [6.45, 7) is 4.08. The van der Waals surface area contributed by atoms with Crippen LogP contribution in [0.3, 0.4) is 0 Å². The van der Waals surface area contributed by atoms with Crippen LogP contribution in [0.15, 0.2) is 23.8 Å². The van der Waals surface area contributed by atoms with Crippen LogP contribution < -0.4 is 10.5 Å². The lowest BCUT2D eigenvalue weighted by Crippen LogP contribution is -2.26. The molecule has 0 heterocycles. The maximum Gasteiger partial charge on any atom is 0.119 e. The number of fused-ring (bicyclic) bond motifs is 1. The van der Waals surface area contributed by atoms with Crippen LogP contribution >= 0.6 is 0 Å². The van der Waals surface area contributed by atoms with Crippen molar-refractivity contribution < 1.29 is 4.74 Å². The van der Waals surface area contributed by atoms with E-state index < -0.39 is 0 Å². The highest BCUT2D eigenvalue weighted by atomic mass is 16.5. The summed E-state index contributed by atoms with van der Waals surface area (Å²) in [6, 6.07) is 8.04. The van der Waals surface area contributed by atoms with Gasteiger partial charge < -0.3 is 10.5 Å². The zero-order valence-electron chi connectivity index (χ0n) is 10.4. The molecule has 0 bridgehead atoms. The van der Waals surface area contributed by atoms with E-state index in [1.165, 1.54) is 0 Å². The summed E-state index contributed by atoms with van der Waals surface area (Å²) in [4.78, 5) is 0. The van der Waals surface area contributed by atoms with Crippen molar-refractivity contribution in [2.75, 3.05) is 7.11 Å². The smallest absolute Gasteiger partial charge is 0.119 e. The van der Waals surface area contributed by atoms with E-state index in [4.69, 9.17) is 10.5 Å². The summed E-state index contributed by atoms with van der Waals surface area (Å²) in [5, 5.41) is 9.21. The quantitative estimate of drug-likeness (QED) is 0.803. The van der Waals surface area contributed by atoms with E-state index in [0.717, 1.165) is 23.3 Å². The average Bonchev–Trinajstić information content (AvgIpc) is 2.27. The standard InChI is InChI=1S/C14H16N2O/c1-14(2)7-9-6-10(17-3)4-5-11(9)13(16)12(14)8-15/h4-6H,7,16H2,1-3H3. The van der Waals surface area contributed by atoms with Gasteiger partial charge in [-0.3, -0.25) is 0 Å². The normalized spacial score (nSPS) is 17.3. The van der Waals surface area contributed by atoms with Gasteiger partial charge in [0.2, 0.25) is 0 Å². The van der Waals surface area contributed by atoms with Gasteiger partial charge in [0.1, 0.15) is 5.75 Å². The molecule has 3 heteroatoms. The maximum atomic E-state index is 9.21. The van der Waals surface area contributed by atoms with E-state index in [9.17, 15) is 5.26 Å². The van der Waals surface area contributed by atoms with Crippen LogP contribution in [0, 0.1) is 16.7 Å². The topological polar surface area (TPSA) is 59.0 Å². The lowest BCUT2D eigenvalue weighted by atomic mass is 9.72. The lowest BCUT2D eigenvalue weighted by molar-refractivity contribution is 0.410. The summed E-state index contributed by atoms with van der Waals surface area (Å²) in [5.74, 6) is 0.827. The van der Waals surface area contributed by atoms with Gasteiger partial charge in [-0.1, -0.05) is 13.8 Å². The molecule has 0 aromatic heterocycles. The fourth-order valence-corrected chi connectivity index (χ4v) is 2.38. The zero-order chi connectivity index (χ0) is 12.6. The molecule has 0 saturated carbocycles. The summed E-state index contributed by atoms with van der Waals surface area (Å²) in [6.07, 6.45) is 0.809. The summed E-state index contributed by atoms with van der Waals surface area (Å²) < 4.78 is 5.21. The molecular formula is C14H16N2O. The predicted octanol–water partition coefficient (Wildman–Crippen LogP) is 2.47. The van der Waals surface area contributed by atoms with Crippen LogP contribution in [-0.4, -0.2) is 7.11 Å². The van der Waals surface area contributed by atoms with Crippen molar-refractivity contribution in [3.05, 3.63) is 34.9 Å². The van der Waals surface area contributed by atoms with Crippen molar-refractivity contribution in [3.63, 3.8) is 0 Å².